The van der Waals surface area contributed by atoms with Crippen LogP contribution in [0.5, 0.6) is 0 Å². The maximum Gasteiger partial charge on any atom is 0.326 e. The second-order valence-electron chi connectivity index (χ2n) is 6.04. The van der Waals surface area contributed by atoms with Gasteiger partial charge in [-0.05, 0) is 48.2 Å². The predicted molar refractivity (Wildman–Crippen MR) is 89.2 cm³/mol. The van der Waals surface area contributed by atoms with Gasteiger partial charge in [0.1, 0.15) is 17.7 Å². The fourth-order valence-electron chi connectivity index (χ4n) is 2.51. The van der Waals surface area contributed by atoms with Crippen molar-refractivity contribution >= 4 is 11.9 Å². The molecular formula is C19H19F2NO3. The first kappa shape index (κ1) is 18.6. The van der Waals surface area contributed by atoms with E-state index in [4.69, 9.17) is 0 Å². The molecule has 0 unspecified atom stereocenters. The Kier molecular flexibility index (Phi) is 5.85. The monoisotopic (exact) mass is 347 g/mol. The van der Waals surface area contributed by atoms with Gasteiger partial charge in [0.05, 0.1) is 6.42 Å². The third kappa shape index (κ3) is 5.38. The molecule has 1 amide bonds. The van der Waals surface area contributed by atoms with Gasteiger partial charge in [-0.15, -0.1) is 0 Å². The largest absolute Gasteiger partial charge is 0.480 e. The van der Waals surface area contributed by atoms with Gasteiger partial charge in [0.2, 0.25) is 5.91 Å². The molecule has 0 saturated heterocycles. The lowest BCUT2D eigenvalue weighted by Gasteiger charge is -2.15. The Hall–Kier alpha value is -2.76. The summed E-state index contributed by atoms with van der Waals surface area (Å²) in [6.45, 7) is 3.87. The standard InChI is InChI=1S/C19H19F2NO3/c1-11-3-4-13(5-12(11)2)8-17(19(24)25)22-18(23)9-14-6-15(20)10-16(21)7-14/h3-7,10,17H,8-9H2,1-2H3,(H,22,23)(H,24,25)/t17-/m1/s1. The molecule has 132 valence electrons. The molecule has 0 saturated carbocycles. The Morgan fingerprint density at radius 2 is 1.64 bits per heavy atom. The highest BCUT2D eigenvalue weighted by atomic mass is 19.1. The Labute approximate surface area is 144 Å². The molecule has 0 aliphatic rings. The molecule has 4 nitrogen and oxygen atoms in total. The summed E-state index contributed by atoms with van der Waals surface area (Å²) in [5.41, 5.74) is 3.05. The van der Waals surface area contributed by atoms with Gasteiger partial charge in [0.25, 0.3) is 0 Å². The minimum Gasteiger partial charge on any atom is -0.480 e. The Balaban J connectivity index is 2.06. The van der Waals surface area contributed by atoms with Gasteiger partial charge in [-0.3, -0.25) is 4.79 Å². The van der Waals surface area contributed by atoms with Crippen molar-refractivity contribution in [3.8, 4) is 0 Å². The van der Waals surface area contributed by atoms with Crippen LogP contribution >= 0.6 is 0 Å². The first-order valence-electron chi connectivity index (χ1n) is 7.78. The van der Waals surface area contributed by atoms with Crippen LogP contribution in [0.3, 0.4) is 0 Å². The van der Waals surface area contributed by atoms with Gasteiger partial charge in [-0.2, -0.15) is 0 Å². The normalized spacial score (nSPS) is 11.8. The van der Waals surface area contributed by atoms with Crippen molar-refractivity contribution in [1.82, 2.24) is 5.32 Å². The number of amides is 1. The maximum absolute atomic E-state index is 13.2. The SMILES string of the molecule is Cc1ccc(C[C@@H](NC(=O)Cc2cc(F)cc(F)c2)C(=O)O)cc1C. The van der Waals surface area contributed by atoms with Crippen LogP contribution in [0.4, 0.5) is 8.78 Å². The van der Waals surface area contributed by atoms with Gasteiger partial charge in [0.15, 0.2) is 0 Å². The fraction of sp³-hybridized carbons (Fsp3) is 0.263. The number of hydrogen-bond donors (Lipinski definition) is 2. The van der Waals surface area contributed by atoms with Crippen LogP contribution in [0.15, 0.2) is 36.4 Å². The number of carbonyl (C=O) groups excluding carboxylic acids is 1. The molecule has 0 spiro atoms. The van der Waals surface area contributed by atoms with Crippen molar-refractivity contribution in [2.45, 2.75) is 32.7 Å². The number of aliphatic carboxylic acids is 1. The van der Waals surface area contributed by atoms with Gasteiger partial charge >= 0.3 is 5.97 Å². The zero-order valence-electron chi connectivity index (χ0n) is 14.0. The van der Waals surface area contributed by atoms with Crippen LogP contribution in [-0.4, -0.2) is 23.0 Å². The van der Waals surface area contributed by atoms with E-state index in [0.29, 0.717) is 6.07 Å². The van der Waals surface area contributed by atoms with Crippen LogP contribution in [0.1, 0.15) is 22.3 Å². The highest BCUT2D eigenvalue weighted by Gasteiger charge is 2.21. The summed E-state index contributed by atoms with van der Waals surface area (Å²) < 4.78 is 26.3. The summed E-state index contributed by atoms with van der Waals surface area (Å²) in [6.07, 6.45) is -0.176. The Bertz CT molecular complexity index is 785. The second kappa shape index (κ2) is 7.88. The number of hydrogen-bond acceptors (Lipinski definition) is 2. The molecule has 0 aromatic heterocycles. The van der Waals surface area contributed by atoms with E-state index >= 15 is 0 Å². The van der Waals surface area contributed by atoms with E-state index in [1.165, 1.54) is 0 Å². The number of carboxylic acids is 1. The second-order valence-corrected chi connectivity index (χ2v) is 6.04. The first-order valence-corrected chi connectivity index (χ1v) is 7.78. The Morgan fingerprint density at radius 3 is 2.20 bits per heavy atom. The average Bonchev–Trinajstić information content (AvgIpc) is 2.49. The van der Waals surface area contributed by atoms with Crippen molar-refractivity contribution in [3.05, 3.63) is 70.3 Å². The number of halogens is 2. The summed E-state index contributed by atoms with van der Waals surface area (Å²) in [6, 6.07) is 7.25. The summed E-state index contributed by atoms with van der Waals surface area (Å²) in [5, 5.41) is 11.7. The lowest BCUT2D eigenvalue weighted by atomic mass is 10.0. The number of carboxylic acid groups (broad SMARTS) is 1. The van der Waals surface area contributed by atoms with E-state index in [-0.39, 0.29) is 18.4 Å². The molecule has 2 rings (SSSR count). The van der Waals surface area contributed by atoms with E-state index in [1.54, 1.807) is 0 Å². The average molecular weight is 347 g/mol. The molecule has 0 radical (unpaired) electrons. The van der Waals surface area contributed by atoms with Crippen molar-refractivity contribution in [2.24, 2.45) is 0 Å². The third-order valence-corrected chi connectivity index (χ3v) is 3.93. The van der Waals surface area contributed by atoms with Crippen LogP contribution in [0.25, 0.3) is 0 Å². The highest BCUT2D eigenvalue weighted by Crippen LogP contribution is 2.12. The molecule has 1 atom stereocenters. The van der Waals surface area contributed by atoms with Gasteiger partial charge in [-0.1, -0.05) is 18.2 Å². The molecule has 0 fully saturated rings. The molecule has 0 aliphatic carbocycles. The van der Waals surface area contributed by atoms with E-state index < -0.39 is 29.6 Å². The fourth-order valence-corrected chi connectivity index (χ4v) is 2.51. The number of nitrogens with one attached hydrogen (secondary N) is 1. The smallest absolute Gasteiger partial charge is 0.326 e. The van der Waals surface area contributed by atoms with Gasteiger partial charge in [0, 0.05) is 12.5 Å². The minimum atomic E-state index is -1.17. The Morgan fingerprint density at radius 1 is 1.00 bits per heavy atom. The molecule has 0 aliphatic heterocycles. The number of aryl methyl sites for hydroxylation is 2. The summed E-state index contributed by atoms with van der Waals surface area (Å²) in [7, 11) is 0. The summed E-state index contributed by atoms with van der Waals surface area (Å²) in [4.78, 5) is 23.5. The van der Waals surface area contributed by atoms with Crippen LogP contribution in [-0.2, 0) is 22.4 Å². The quantitative estimate of drug-likeness (QED) is 0.844. The van der Waals surface area contributed by atoms with Crippen molar-refractivity contribution in [2.75, 3.05) is 0 Å². The van der Waals surface area contributed by atoms with Crippen molar-refractivity contribution in [3.63, 3.8) is 0 Å². The highest BCUT2D eigenvalue weighted by molar-refractivity contribution is 5.85. The number of rotatable bonds is 6. The summed E-state index contributed by atoms with van der Waals surface area (Å²) >= 11 is 0. The van der Waals surface area contributed by atoms with Gasteiger partial charge < -0.3 is 10.4 Å². The lowest BCUT2D eigenvalue weighted by Crippen LogP contribution is -2.43. The van der Waals surface area contributed by atoms with Crippen LogP contribution in [0.2, 0.25) is 0 Å². The lowest BCUT2D eigenvalue weighted by molar-refractivity contribution is -0.141. The molecule has 25 heavy (non-hydrogen) atoms. The molecule has 0 heterocycles. The molecular weight excluding hydrogens is 328 g/mol. The molecule has 2 aromatic carbocycles. The zero-order chi connectivity index (χ0) is 18.6. The number of benzene rings is 2. The van der Waals surface area contributed by atoms with Crippen molar-refractivity contribution in [1.29, 1.82) is 0 Å². The van der Waals surface area contributed by atoms with E-state index in [9.17, 15) is 23.5 Å². The zero-order valence-corrected chi connectivity index (χ0v) is 14.0. The van der Waals surface area contributed by atoms with E-state index in [1.807, 2.05) is 32.0 Å². The van der Waals surface area contributed by atoms with Crippen LogP contribution < -0.4 is 5.32 Å². The topological polar surface area (TPSA) is 66.4 Å². The van der Waals surface area contributed by atoms with Crippen molar-refractivity contribution < 1.29 is 23.5 Å². The molecule has 2 N–H and O–H groups in total. The molecule has 2 aromatic rings. The van der Waals surface area contributed by atoms with Gasteiger partial charge in [-0.25, -0.2) is 13.6 Å². The maximum atomic E-state index is 13.2. The predicted octanol–water partition coefficient (Wildman–Crippen LogP) is 2.94. The third-order valence-electron chi connectivity index (χ3n) is 3.93. The molecule has 0 bridgehead atoms. The number of carbonyl (C=O) groups is 2. The summed E-state index contributed by atoms with van der Waals surface area (Å²) in [5.74, 6) is -3.35. The first-order chi connectivity index (χ1) is 11.7. The minimum absolute atomic E-state index is 0.125. The van der Waals surface area contributed by atoms with Crippen LogP contribution in [0, 0.1) is 25.5 Å². The van der Waals surface area contributed by atoms with E-state index in [2.05, 4.69) is 5.32 Å². The molecule has 6 heteroatoms. The van der Waals surface area contributed by atoms with E-state index in [0.717, 1.165) is 28.8 Å².